The van der Waals surface area contributed by atoms with Crippen LogP contribution in [0.15, 0.2) is 369 Å². The van der Waals surface area contributed by atoms with Gasteiger partial charge >= 0.3 is 28.9 Å². The summed E-state index contributed by atoms with van der Waals surface area (Å²) in [5.41, 5.74) is 18.5. The first-order valence-electron chi connectivity index (χ1n) is 41.6. The number of thiocarbonyl (C=S) groups is 2. The summed E-state index contributed by atoms with van der Waals surface area (Å²) in [4.78, 5) is 15.1. The Hall–Kier alpha value is -3.03. The third kappa shape index (κ3) is 26.3. The Balaban J connectivity index is 0.000000273. The van der Waals surface area contributed by atoms with Crippen molar-refractivity contribution in [1.29, 1.82) is 0 Å². The molecule has 3 aliphatic carbocycles. The number of isothiocyanates is 2. The van der Waals surface area contributed by atoms with Crippen LogP contribution in [0.25, 0.3) is 99.4 Å². The molecule has 0 saturated heterocycles. The number of anilines is 3. The molecule has 6 aliphatic rings. The van der Waals surface area contributed by atoms with Crippen LogP contribution in [0.4, 0.5) is 17.1 Å². The molecule has 3 aliphatic heterocycles. The predicted molar refractivity (Wildman–Crippen MR) is 502 cm³/mol. The van der Waals surface area contributed by atoms with Gasteiger partial charge in [-0.1, -0.05) is 268 Å². The van der Waals surface area contributed by atoms with Crippen LogP contribution >= 0.6 is 24.4 Å². The Labute approximate surface area is 1030 Å². The first kappa shape index (κ1) is 120. The van der Waals surface area contributed by atoms with Gasteiger partial charge in [0, 0.05) is 336 Å². The summed E-state index contributed by atoms with van der Waals surface area (Å²) < 4.78 is 12.9. The SMILES string of the molecule is C1CCCC1.OCC1c2ccccc2-c2ccccc21.S=C=NC1(N=C=S)[n+]2cc[c-]cc2-c2c[c-]cc[n+]21.[CH2-]C1CCCC1.[CH2-]CCc1ccc2ccc3cccc4ccc1c2c34.[CH3-].[CH3-].[Fe+2].[Y].[Y].[Y].[Y].[Y].[Y].[Y].[Y].[Y].[c-]1cc[n+]2c(c1)-c1c[c-]cc[n+]1C21[n+]2ccccc2-c2cccc[n+]21.[c-]1ccc(N(c2ccccc2)c2ccccc2)cc1.c1ccc2c(c1)[n-]c1ccccc12. The molecule has 641 valence electrons. The summed E-state index contributed by atoms with van der Waals surface area (Å²) in [6.07, 6.45) is 27.2. The van der Waals surface area contributed by atoms with E-state index >= 15 is 0 Å². The number of pyridine rings is 6. The number of nitrogens with zero attached hydrogens (tertiary/aromatic N) is 10. The summed E-state index contributed by atoms with van der Waals surface area (Å²) in [6, 6.07) is 125. The van der Waals surface area contributed by atoms with Crippen molar-refractivity contribution in [3.05, 3.63) is 434 Å². The molecule has 11 nitrogen and oxygen atoms in total. The maximum absolute atomic E-state index is 9.46. The summed E-state index contributed by atoms with van der Waals surface area (Å²) in [5, 5.41) is 25.0. The summed E-state index contributed by atoms with van der Waals surface area (Å²) in [6.45, 7) is 8.12. The molecule has 7 aromatic heterocycles. The number of hydrogen-bond donors (Lipinski definition) is 1. The van der Waals surface area contributed by atoms with E-state index in [2.05, 4.69) is 342 Å². The molecule has 2 fully saturated rings. The Morgan fingerprint density at radius 2 is 0.759 bits per heavy atom. The van der Waals surface area contributed by atoms with Crippen molar-refractivity contribution in [2.24, 2.45) is 15.9 Å². The van der Waals surface area contributed by atoms with Gasteiger partial charge in [0.15, 0.2) is 12.4 Å². The van der Waals surface area contributed by atoms with Crippen molar-refractivity contribution >= 4 is 106 Å². The maximum atomic E-state index is 9.46. The molecule has 18 aromatic rings. The van der Waals surface area contributed by atoms with E-state index in [9.17, 15) is 5.11 Å². The normalized spacial score (nSPS) is 12.5. The molecule has 0 unspecified atom stereocenters. The monoisotopic (exact) mass is 2490 g/mol. The summed E-state index contributed by atoms with van der Waals surface area (Å²) in [5.74, 6) is -0.720. The number of hydrogen-bond acceptors (Lipinski definition) is 6. The molecule has 133 heavy (non-hydrogen) atoms. The molecule has 10 heterocycles. The molecule has 1 N–H and O–H groups in total. The van der Waals surface area contributed by atoms with Gasteiger partial charge in [-0.05, 0) is 141 Å². The molecule has 2 saturated carbocycles. The fourth-order valence-electron chi connectivity index (χ4n) is 17.8. The molecule has 0 atom stereocenters. The smallest absolute Gasteiger partial charge is 0.657 e. The molecular weight excluding hydrogens is 2400 g/mol. The van der Waals surface area contributed by atoms with E-state index in [0.717, 1.165) is 69.6 Å². The number of aliphatic hydroxyl groups excluding tert-OH is 1. The number of aromatic nitrogens is 7. The van der Waals surface area contributed by atoms with E-state index in [1.165, 1.54) is 140 Å². The van der Waals surface area contributed by atoms with Crippen LogP contribution < -0.4 is 37.3 Å². The van der Waals surface area contributed by atoms with Crippen LogP contribution in [0.2, 0.25) is 0 Å². The minimum Gasteiger partial charge on any atom is -0.657 e. The van der Waals surface area contributed by atoms with Crippen LogP contribution in [-0.4, -0.2) is 22.0 Å². The number of rotatable bonds is 8. The van der Waals surface area contributed by atoms with E-state index in [4.69, 9.17) is 24.4 Å². The van der Waals surface area contributed by atoms with E-state index in [-0.39, 0.29) is 339 Å². The molecule has 1 spiro atoms. The number of aryl methyl sites for hydroxylation is 1. The van der Waals surface area contributed by atoms with Gasteiger partial charge in [-0.15, -0.1) is 80.8 Å². The van der Waals surface area contributed by atoms with Gasteiger partial charge in [0.25, 0.3) is 11.4 Å². The Kier molecular flexibility index (Phi) is 53.6. The topological polar surface area (TPSA) is 85.6 Å². The number of para-hydroxylation sites is 4. The Bertz CT molecular complexity index is 6320. The largest absolute Gasteiger partial charge is 2.00 e. The van der Waals surface area contributed by atoms with Gasteiger partial charge < -0.3 is 43.7 Å². The van der Waals surface area contributed by atoms with Crippen LogP contribution in [0, 0.1) is 65.0 Å². The number of aliphatic imine (C=N–C) groups is 2. The number of fused-ring (bicyclic) bond motifs is 19. The van der Waals surface area contributed by atoms with E-state index in [1.807, 2.05) is 106 Å². The fraction of sp³-hybridized carbons (Fsp3) is 0.145. The average molecular weight is 2490 g/mol. The first-order valence-corrected chi connectivity index (χ1v) is 42.4. The van der Waals surface area contributed by atoms with Crippen LogP contribution in [0.5, 0.6) is 0 Å². The van der Waals surface area contributed by atoms with Crippen molar-refractivity contribution in [3.63, 3.8) is 0 Å². The third-order valence-electron chi connectivity index (χ3n) is 23.3. The Morgan fingerprint density at radius 3 is 1.19 bits per heavy atom. The summed E-state index contributed by atoms with van der Waals surface area (Å²) in [7, 11) is 0. The van der Waals surface area contributed by atoms with Crippen molar-refractivity contribution < 1.29 is 344 Å². The molecule has 11 aromatic carbocycles. The van der Waals surface area contributed by atoms with E-state index in [0.29, 0.717) is 0 Å². The number of aliphatic hydroxyl groups is 1. The second kappa shape index (κ2) is 59.1. The van der Waals surface area contributed by atoms with Crippen LogP contribution in [0.1, 0.15) is 86.8 Å². The number of benzene rings is 11. The van der Waals surface area contributed by atoms with Gasteiger partial charge in [0.2, 0.25) is 0 Å². The summed E-state index contributed by atoms with van der Waals surface area (Å²) >= 11 is 9.50. The molecule has 24 rings (SSSR count). The van der Waals surface area contributed by atoms with Gasteiger partial charge in [0.05, 0.1) is 41.7 Å². The first-order chi connectivity index (χ1) is 59.8. The van der Waals surface area contributed by atoms with Crippen molar-refractivity contribution in [1.82, 2.24) is 4.98 Å². The quantitative estimate of drug-likeness (QED) is 0.0409. The minimum absolute atomic E-state index is 0. The van der Waals surface area contributed by atoms with Crippen molar-refractivity contribution in [3.8, 4) is 45.3 Å². The zero-order chi connectivity index (χ0) is 82.3. The zero-order valence-corrected chi connectivity index (χ0v) is 103. The van der Waals surface area contributed by atoms with Gasteiger partial charge in [0.1, 0.15) is 22.8 Å². The van der Waals surface area contributed by atoms with Gasteiger partial charge in [-0.25, -0.2) is 9.13 Å². The molecule has 23 heteroatoms. The van der Waals surface area contributed by atoms with Gasteiger partial charge in [-0.3, -0.25) is 0 Å². The molecule has 0 bridgehead atoms. The second-order valence-corrected chi connectivity index (χ2v) is 30.8. The standard InChI is InChI=1S/C21H14N4.C19H15.C18H14N.C14H12O.C13H6N4S2.C12H8N.C6H11.C5H10.2CH3.Fe.9Y/c1-5-13-22-17(9-1)18-10-2-6-14-23(18)21(22)24-15-7-3-11-19(24)20-12-4-8-16-25(20)21;1-2-4-13-7-8-16-10-9-14-5-3-6-15-11-12-17(13)19(16)18(14)15;1-4-10-16(11-5-1)19(17-12-6-2-7-13-17)18-14-8-3-9-15-18;15-9-14-12-7-3-1-5-10(12)11-6-2-4-8-13(11)14;18-9-14-13(15-10-19)16-7-3-1-5-11(16)12-6-2-4-8-17(12)13;1-3-7-11-9(5-1)10-6-2-4-8-12(10)13-11;1-6-4-2-3-5-6;1-2-4-5-3-1;;;;;;;;;;;;/h1-2,5-16H;3,5-12H,1-2,4H2;1-2,4-15H;1-8,14-15H,9H2;3-8H;1-8H;6H,1-5H2;1-5H2;2*1H3;;;;;;;;;;/q+2;2*-1;;;2*-1;;2*-1;+2;;;;;;;;;. The van der Waals surface area contributed by atoms with Crippen LogP contribution in [0.3, 0.4) is 0 Å². The van der Waals surface area contributed by atoms with Gasteiger partial charge in [-0.2, -0.15) is 54.8 Å². The zero-order valence-electron chi connectivity index (χ0n) is 74.9. The van der Waals surface area contributed by atoms with Crippen molar-refractivity contribution in [2.75, 3.05) is 11.5 Å². The molecule has 0 amide bonds. The fourth-order valence-corrected chi connectivity index (χ4v) is 18.1. The Morgan fingerprint density at radius 1 is 0.383 bits per heavy atom. The third-order valence-corrected chi connectivity index (χ3v) is 23.5. The molecule has 9 radical (unpaired) electrons. The maximum Gasteiger partial charge on any atom is 2.00 e. The molecular formula is C110H96FeN10OS2Y9-2. The van der Waals surface area contributed by atoms with Crippen molar-refractivity contribution in [2.45, 2.75) is 88.4 Å². The van der Waals surface area contributed by atoms with E-state index < -0.39 is 11.8 Å². The van der Waals surface area contributed by atoms with Crippen LogP contribution in [-0.2, 0) is 330 Å². The van der Waals surface area contributed by atoms with E-state index in [1.54, 1.807) is 12.1 Å². The average Bonchev–Trinajstić information content (AvgIpc) is 1.50. The predicted octanol–water partition coefficient (Wildman–Crippen LogP) is 22.7. The minimum atomic E-state index is -1.13. The second-order valence-electron chi connectivity index (χ2n) is 30.5.